The van der Waals surface area contributed by atoms with Crippen LogP contribution < -0.4 is 5.32 Å². The molecule has 0 aromatic rings. The summed E-state index contributed by atoms with van der Waals surface area (Å²) in [7, 11) is 0. The van der Waals surface area contributed by atoms with E-state index in [2.05, 4.69) is 5.32 Å². The summed E-state index contributed by atoms with van der Waals surface area (Å²) >= 11 is 1.44. The van der Waals surface area contributed by atoms with Crippen LogP contribution in [0.5, 0.6) is 0 Å². The van der Waals surface area contributed by atoms with Crippen molar-refractivity contribution in [3.63, 3.8) is 0 Å². The molecule has 7 heavy (non-hydrogen) atoms. The summed E-state index contributed by atoms with van der Waals surface area (Å²) < 4.78 is 0. The number of nitrogens with one attached hydrogen (secondary N) is 1. The first-order valence-electron chi connectivity index (χ1n) is 1.73. The summed E-state index contributed by atoms with van der Waals surface area (Å²) in [5.41, 5.74) is 0. The molecule has 2 N–H and O–H groups in total. The van der Waals surface area contributed by atoms with E-state index in [-0.39, 0.29) is 0 Å². The fourth-order valence-electron chi connectivity index (χ4n) is 0.134. The number of carbonyl (C=O) groups is 1. The van der Waals surface area contributed by atoms with Gasteiger partial charge in [0.2, 0.25) is 0 Å². The Bertz CT molecular complexity index is 66.0. The van der Waals surface area contributed by atoms with Crippen molar-refractivity contribution in [1.82, 2.24) is 5.32 Å². The first kappa shape index (κ1) is 6.62. The molecule has 42 valence electrons. The zero-order chi connectivity index (χ0) is 5.70. The van der Waals surface area contributed by atoms with Crippen LogP contribution in [0.1, 0.15) is 0 Å². The first-order valence-corrected chi connectivity index (χ1v) is 3.12. The van der Waals surface area contributed by atoms with Crippen LogP contribution in [-0.2, 0) is 0 Å². The quantitative estimate of drug-likeness (QED) is 0.525. The Hall–Kier alpha value is -0.380. The fourth-order valence-corrected chi connectivity index (χ4v) is 0.402. The molecule has 0 unspecified atom stereocenters. The molecule has 0 aliphatic rings. The Morgan fingerprint density at radius 3 is 2.71 bits per heavy atom. The summed E-state index contributed by atoms with van der Waals surface area (Å²) in [6, 6.07) is 0. The van der Waals surface area contributed by atoms with E-state index in [9.17, 15) is 4.79 Å². The van der Waals surface area contributed by atoms with Gasteiger partial charge in [-0.05, 0) is 6.26 Å². The second-order valence-corrected chi connectivity index (χ2v) is 1.78. The van der Waals surface area contributed by atoms with Gasteiger partial charge in [0.15, 0.2) is 0 Å². The average molecular weight is 121 g/mol. The van der Waals surface area contributed by atoms with Crippen molar-refractivity contribution in [1.29, 1.82) is 0 Å². The summed E-state index contributed by atoms with van der Waals surface area (Å²) in [6.07, 6.45) is 0.866. The third-order valence-corrected chi connectivity index (χ3v) is 0.801. The van der Waals surface area contributed by atoms with E-state index in [0.717, 1.165) is 0 Å². The van der Waals surface area contributed by atoms with Crippen molar-refractivity contribution in [3.05, 3.63) is 0 Å². The molecule has 0 rings (SSSR count). The third-order valence-electron chi connectivity index (χ3n) is 0.368. The van der Waals surface area contributed by atoms with Gasteiger partial charge in [-0.2, -0.15) is 0 Å². The van der Waals surface area contributed by atoms with E-state index in [4.69, 9.17) is 5.11 Å². The normalized spacial score (nSPS) is 8.14. The predicted octanol–water partition coefficient (Wildman–Crippen LogP) is 0.575. The highest BCUT2D eigenvalue weighted by Crippen LogP contribution is 1.83. The third kappa shape index (κ3) is 5.62. The lowest BCUT2D eigenvalue weighted by Gasteiger charge is -1.91. The molecule has 0 radical (unpaired) electrons. The molecule has 4 heteroatoms. The van der Waals surface area contributed by atoms with Crippen LogP contribution in [-0.4, -0.2) is 23.3 Å². The predicted molar refractivity (Wildman–Crippen MR) is 29.5 cm³/mol. The molecule has 0 spiro atoms. The molecule has 0 aromatic heterocycles. The monoisotopic (exact) mass is 121 g/mol. The minimum absolute atomic E-state index is 0.468. The van der Waals surface area contributed by atoms with Gasteiger partial charge < -0.3 is 10.4 Å². The molecule has 0 bridgehead atoms. The minimum Gasteiger partial charge on any atom is -0.465 e. The molecular weight excluding hydrogens is 114 g/mol. The number of rotatable bonds is 2. The zero-order valence-corrected chi connectivity index (χ0v) is 4.79. The van der Waals surface area contributed by atoms with Gasteiger partial charge in [0.1, 0.15) is 0 Å². The lowest BCUT2D eigenvalue weighted by molar-refractivity contribution is 0.196. The summed E-state index contributed by atoms with van der Waals surface area (Å²) in [4.78, 5) is 9.63. The van der Waals surface area contributed by atoms with E-state index in [1.54, 1.807) is 0 Å². The molecule has 0 aliphatic carbocycles. The molecule has 0 saturated heterocycles. The standard InChI is InChI=1S/C3H7NO2S/c1-7-2-4-3(5)6/h4H,2H2,1H3,(H,5,6). The fraction of sp³-hybridized carbons (Fsp3) is 0.667. The maximum Gasteiger partial charge on any atom is 0.405 e. The molecule has 0 atom stereocenters. The zero-order valence-electron chi connectivity index (χ0n) is 3.97. The minimum atomic E-state index is -0.964. The second-order valence-electron chi connectivity index (χ2n) is 0.915. The summed E-state index contributed by atoms with van der Waals surface area (Å²) in [5.74, 6) is 0.468. The van der Waals surface area contributed by atoms with Crippen molar-refractivity contribution in [2.45, 2.75) is 0 Å². The van der Waals surface area contributed by atoms with Crippen LogP contribution in [0.4, 0.5) is 4.79 Å². The largest absolute Gasteiger partial charge is 0.465 e. The maximum atomic E-state index is 9.63. The lowest BCUT2D eigenvalue weighted by Crippen LogP contribution is -2.19. The highest BCUT2D eigenvalue weighted by atomic mass is 32.2. The van der Waals surface area contributed by atoms with Crippen LogP contribution in [0.2, 0.25) is 0 Å². The topological polar surface area (TPSA) is 49.3 Å². The number of hydrogen-bond acceptors (Lipinski definition) is 2. The first-order chi connectivity index (χ1) is 3.27. The second kappa shape index (κ2) is 3.80. The smallest absolute Gasteiger partial charge is 0.405 e. The van der Waals surface area contributed by atoms with Crippen molar-refractivity contribution >= 4 is 17.9 Å². The van der Waals surface area contributed by atoms with Crippen LogP contribution in [0.15, 0.2) is 0 Å². The Balaban J connectivity index is 2.82. The lowest BCUT2D eigenvalue weighted by atomic mass is 11.1. The average Bonchev–Trinajstić information content (AvgIpc) is 1.61. The molecule has 0 aromatic carbocycles. The van der Waals surface area contributed by atoms with Gasteiger partial charge in [0.05, 0.1) is 5.88 Å². The SMILES string of the molecule is CSCNC(=O)O. The van der Waals surface area contributed by atoms with Gasteiger partial charge in [-0.15, -0.1) is 11.8 Å². The van der Waals surface area contributed by atoms with E-state index in [1.165, 1.54) is 11.8 Å². The van der Waals surface area contributed by atoms with Crippen molar-refractivity contribution < 1.29 is 9.90 Å². The van der Waals surface area contributed by atoms with E-state index in [1.807, 2.05) is 6.26 Å². The molecule has 0 heterocycles. The van der Waals surface area contributed by atoms with E-state index < -0.39 is 6.09 Å². The van der Waals surface area contributed by atoms with Gasteiger partial charge in [0.25, 0.3) is 0 Å². The van der Waals surface area contributed by atoms with Gasteiger partial charge in [-0.3, -0.25) is 0 Å². The van der Waals surface area contributed by atoms with Gasteiger partial charge in [0, 0.05) is 0 Å². The molecule has 1 amide bonds. The number of amides is 1. The Morgan fingerprint density at radius 1 is 2.00 bits per heavy atom. The molecule has 0 aliphatic heterocycles. The van der Waals surface area contributed by atoms with Gasteiger partial charge in [-0.1, -0.05) is 0 Å². The van der Waals surface area contributed by atoms with Gasteiger partial charge in [-0.25, -0.2) is 4.79 Å². The van der Waals surface area contributed by atoms with E-state index in [0.29, 0.717) is 5.88 Å². The highest BCUT2D eigenvalue weighted by Gasteiger charge is 1.86. The molecule has 3 nitrogen and oxygen atoms in total. The molecule has 0 saturated carbocycles. The summed E-state index contributed by atoms with van der Waals surface area (Å²) in [5, 5.41) is 10.1. The Morgan fingerprint density at radius 2 is 2.57 bits per heavy atom. The maximum absolute atomic E-state index is 9.63. The van der Waals surface area contributed by atoms with Gasteiger partial charge >= 0.3 is 6.09 Å². The van der Waals surface area contributed by atoms with Crippen LogP contribution in [0, 0.1) is 0 Å². The van der Waals surface area contributed by atoms with Crippen molar-refractivity contribution in [3.8, 4) is 0 Å². The van der Waals surface area contributed by atoms with Crippen LogP contribution in [0.25, 0.3) is 0 Å². The number of hydrogen-bond donors (Lipinski definition) is 2. The Labute approximate surface area is 46.1 Å². The van der Waals surface area contributed by atoms with Crippen molar-refractivity contribution in [2.24, 2.45) is 0 Å². The number of carboxylic acid groups (broad SMARTS) is 1. The van der Waals surface area contributed by atoms with Crippen LogP contribution in [0.3, 0.4) is 0 Å². The van der Waals surface area contributed by atoms with Crippen LogP contribution >= 0.6 is 11.8 Å². The molecule has 0 fully saturated rings. The summed E-state index contributed by atoms with van der Waals surface area (Å²) in [6.45, 7) is 0. The van der Waals surface area contributed by atoms with Crippen molar-refractivity contribution in [2.75, 3.05) is 12.1 Å². The Kier molecular flexibility index (Phi) is 3.59. The number of thioether (sulfide) groups is 1. The molecular formula is C3H7NO2S. The highest BCUT2D eigenvalue weighted by molar-refractivity contribution is 7.98. The van der Waals surface area contributed by atoms with E-state index >= 15 is 0 Å².